The first-order valence-electron chi connectivity index (χ1n) is 7.02. The molecule has 2 aromatic rings. The smallest absolute Gasteiger partial charge is 0.330 e. The number of aromatic nitrogens is 2. The maximum absolute atomic E-state index is 14.2. The number of halogens is 1. The van der Waals surface area contributed by atoms with Gasteiger partial charge in [-0.2, -0.15) is 0 Å². The Balaban J connectivity index is 2.08. The zero-order chi connectivity index (χ0) is 16.6. The van der Waals surface area contributed by atoms with Crippen LogP contribution in [-0.2, 0) is 4.74 Å². The predicted octanol–water partition coefficient (Wildman–Crippen LogP) is -0.208. The van der Waals surface area contributed by atoms with Gasteiger partial charge in [0.15, 0.2) is 12.4 Å². The Kier molecular flexibility index (Phi) is 4.12. The Labute approximate surface area is 129 Å². The van der Waals surface area contributed by atoms with Crippen LogP contribution < -0.4 is 11.2 Å². The second-order valence-corrected chi connectivity index (χ2v) is 5.26. The molecule has 122 valence electrons. The quantitative estimate of drug-likeness (QED) is 0.725. The Morgan fingerprint density at radius 2 is 1.96 bits per heavy atom. The number of benzene rings is 1. The number of ether oxygens (including phenoxy) is 1. The summed E-state index contributed by atoms with van der Waals surface area (Å²) in [5.41, 5.74) is -0.740. The van der Waals surface area contributed by atoms with Crippen molar-refractivity contribution in [3.63, 3.8) is 0 Å². The van der Waals surface area contributed by atoms with E-state index in [1.807, 2.05) is 0 Å². The van der Waals surface area contributed by atoms with E-state index in [4.69, 9.17) is 9.84 Å². The average molecular weight is 322 g/mol. The van der Waals surface area contributed by atoms with E-state index >= 15 is 0 Å². The number of hydrogen-bond acceptors (Lipinski definition) is 5. The first kappa shape index (κ1) is 15.6. The molecule has 0 amide bonds. The Morgan fingerprint density at radius 1 is 1.26 bits per heavy atom. The molecule has 1 aliphatic heterocycles. The summed E-state index contributed by atoms with van der Waals surface area (Å²) in [5.74, 6) is 0. The van der Waals surface area contributed by atoms with E-state index in [9.17, 15) is 19.1 Å². The van der Waals surface area contributed by atoms with Crippen LogP contribution >= 0.6 is 0 Å². The van der Waals surface area contributed by atoms with Crippen molar-refractivity contribution in [1.29, 1.82) is 0 Å². The van der Waals surface area contributed by atoms with E-state index in [0.29, 0.717) is 5.56 Å². The Morgan fingerprint density at radius 3 is 2.57 bits per heavy atom. The van der Waals surface area contributed by atoms with Crippen molar-refractivity contribution < 1.29 is 19.3 Å². The lowest BCUT2D eigenvalue weighted by Gasteiger charge is -2.16. The van der Waals surface area contributed by atoms with Crippen LogP contribution in [0.5, 0.6) is 0 Å². The topological polar surface area (TPSA) is 105 Å². The summed E-state index contributed by atoms with van der Waals surface area (Å²) >= 11 is 0. The van der Waals surface area contributed by atoms with Gasteiger partial charge in [-0.25, -0.2) is 9.18 Å². The molecule has 0 spiro atoms. The molecule has 0 saturated carbocycles. The maximum Gasteiger partial charge on any atom is 0.330 e. The van der Waals surface area contributed by atoms with Gasteiger partial charge in [-0.3, -0.25) is 14.3 Å². The summed E-state index contributed by atoms with van der Waals surface area (Å²) in [6.45, 7) is -0.582. The number of aliphatic hydroxyl groups is 2. The maximum atomic E-state index is 14.2. The summed E-state index contributed by atoms with van der Waals surface area (Å²) in [4.78, 5) is 26.1. The first-order chi connectivity index (χ1) is 11.0. The molecule has 3 N–H and O–H groups in total. The second-order valence-electron chi connectivity index (χ2n) is 5.26. The Hall–Kier alpha value is -2.29. The minimum absolute atomic E-state index is 0.169. The number of rotatable bonds is 3. The summed E-state index contributed by atoms with van der Waals surface area (Å²) in [5, 5.41) is 18.7. The molecule has 7 nitrogen and oxygen atoms in total. The molecule has 1 saturated heterocycles. The van der Waals surface area contributed by atoms with Gasteiger partial charge in [0.05, 0.1) is 12.2 Å². The minimum Gasteiger partial charge on any atom is -0.394 e. The molecule has 0 aliphatic carbocycles. The molecule has 0 unspecified atom stereocenters. The van der Waals surface area contributed by atoms with Crippen molar-refractivity contribution in [3.8, 4) is 11.1 Å². The molecule has 1 fully saturated rings. The monoisotopic (exact) mass is 322 g/mol. The van der Waals surface area contributed by atoms with Crippen LogP contribution in [0.4, 0.5) is 4.39 Å². The summed E-state index contributed by atoms with van der Waals surface area (Å²) in [6, 6.07) is 8.56. The zero-order valence-corrected chi connectivity index (χ0v) is 11.9. The highest BCUT2D eigenvalue weighted by atomic mass is 19.1. The van der Waals surface area contributed by atoms with Gasteiger partial charge >= 0.3 is 5.69 Å². The molecule has 4 atom stereocenters. The summed E-state index contributed by atoms with van der Waals surface area (Å²) in [6.07, 6.45) is -4.81. The Bertz CT molecular complexity index is 804. The van der Waals surface area contributed by atoms with Crippen molar-refractivity contribution in [2.45, 2.75) is 24.6 Å². The third kappa shape index (κ3) is 2.72. The molecule has 2 heterocycles. The van der Waals surface area contributed by atoms with Crippen LogP contribution in [0.15, 0.2) is 46.1 Å². The average Bonchev–Trinajstić information content (AvgIpc) is 2.84. The van der Waals surface area contributed by atoms with Crippen molar-refractivity contribution in [2.24, 2.45) is 0 Å². The normalized spacial score (nSPS) is 27.3. The van der Waals surface area contributed by atoms with E-state index in [0.717, 1.165) is 4.57 Å². The van der Waals surface area contributed by atoms with Crippen LogP contribution in [-0.4, -0.2) is 44.8 Å². The third-order valence-corrected chi connectivity index (χ3v) is 3.80. The molecule has 0 bridgehead atoms. The van der Waals surface area contributed by atoms with Gasteiger partial charge in [0.1, 0.15) is 12.2 Å². The van der Waals surface area contributed by atoms with Gasteiger partial charge in [-0.15, -0.1) is 0 Å². The van der Waals surface area contributed by atoms with Gasteiger partial charge in [-0.05, 0) is 5.56 Å². The molecular formula is C15H15FN2O5. The summed E-state index contributed by atoms with van der Waals surface area (Å²) in [7, 11) is 0. The van der Waals surface area contributed by atoms with Crippen molar-refractivity contribution in [3.05, 3.63) is 57.4 Å². The van der Waals surface area contributed by atoms with E-state index in [1.165, 1.54) is 6.20 Å². The number of H-pyrrole nitrogens is 1. The summed E-state index contributed by atoms with van der Waals surface area (Å²) < 4.78 is 20.3. The number of alkyl halides is 1. The van der Waals surface area contributed by atoms with Gasteiger partial charge in [-0.1, -0.05) is 30.3 Å². The minimum atomic E-state index is -1.90. The molecule has 1 aliphatic rings. The van der Waals surface area contributed by atoms with Gasteiger partial charge in [0.2, 0.25) is 0 Å². The molecule has 1 aromatic carbocycles. The highest BCUT2D eigenvalue weighted by Gasteiger charge is 2.45. The molecule has 0 radical (unpaired) electrons. The number of aromatic amines is 1. The number of aliphatic hydroxyl groups excluding tert-OH is 2. The lowest BCUT2D eigenvalue weighted by atomic mass is 10.1. The number of nitrogens with one attached hydrogen (secondary N) is 1. The first-order valence-corrected chi connectivity index (χ1v) is 7.02. The van der Waals surface area contributed by atoms with Crippen LogP contribution in [0.1, 0.15) is 6.23 Å². The van der Waals surface area contributed by atoms with Crippen molar-refractivity contribution >= 4 is 0 Å². The van der Waals surface area contributed by atoms with Crippen LogP contribution in [0.3, 0.4) is 0 Å². The fourth-order valence-corrected chi connectivity index (χ4v) is 2.58. The predicted molar refractivity (Wildman–Crippen MR) is 78.7 cm³/mol. The van der Waals surface area contributed by atoms with Gasteiger partial charge < -0.3 is 14.9 Å². The van der Waals surface area contributed by atoms with Crippen molar-refractivity contribution in [1.82, 2.24) is 9.55 Å². The van der Waals surface area contributed by atoms with Gasteiger partial charge in [0.25, 0.3) is 5.56 Å². The van der Waals surface area contributed by atoms with Crippen LogP contribution in [0.25, 0.3) is 11.1 Å². The van der Waals surface area contributed by atoms with Crippen LogP contribution in [0.2, 0.25) is 0 Å². The third-order valence-electron chi connectivity index (χ3n) is 3.80. The van der Waals surface area contributed by atoms with E-state index in [2.05, 4.69) is 4.98 Å². The SMILES string of the molecule is O=c1[nH]c(=O)n([C@@H]2O[C@H](CO)[C@@H](O)[C@@H]2F)cc1-c1ccccc1. The highest BCUT2D eigenvalue weighted by molar-refractivity contribution is 5.60. The van der Waals surface area contributed by atoms with Gasteiger partial charge in [0, 0.05) is 6.20 Å². The molecule has 23 heavy (non-hydrogen) atoms. The second kappa shape index (κ2) is 6.07. The zero-order valence-electron chi connectivity index (χ0n) is 11.9. The standard InChI is InChI=1S/C15H15FN2O5/c16-11-12(20)10(7-19)23-14(11)18-6-9(13(21)17-15(18)22)8-4-2-1-3-5-8/h1-6,10-12,14,19-20H,7H2,(H,17,21,22)/t10-,11+,12-,14-/m1/s1. The molecule has 3 rings (SSSR count). The number of hydrogen-bond donors (Lipinski definition) is 3. The lowest BCUT2D eigenvalue weighted by Crippen LogP contribution is -2.36. The molecular weight excluding hydrogens is 307 g/mol. The fraction of sp³-hybridized carbons (Fsp3) is 0.333. The fourth-order valence-electron chi connectivity index (χ4n) is 2.58. The van der Waals surface area contributed by atoms with E-state index in [-0.39, 0.29) is 5.56 Å². The van der Waals surface area contributed by atoms with Crippen LogP contribution in [0, 0.1) is 0 Å². The highest BCUT2D eigenvalue weighted by Crippen LogP contribution is 2.31. The molecule has 1 aromatic heterocycles. The number of nitrogens with zero attached hydrogens (tertiary/aromatic N) is 1. The van der Waals surface area contributed by atoms with E-state index < -0.39 is 42.5 Å². The van der Waals surface area contributed by atoms with Crippen molar-refractivity contribution in [2.75, 3.05) is 6.61 Å². The van der Waals surface area contributed by atoms with E-state index in [1.54, 1.807) is 30.3 Å². The lowest BCUT2D eigenvalue weighted by molar-refractivity contribution is -0.0491. The molecule has 8 heteroatoms. The largest absolute Gasteiger partial charge is 0.394 e.